The Morgan fingerprint density at radius 2 is 2.00 bits per heavy atom. The summed E-state index contributed by atoms with van der Waals surface area (Å²) in [6.07, 6.45) is 5.05. The van der Waals surface area contributed by atoms with Gasteiger partial charge < -0.3 is 11.1 Å². The van der Waals surface area contributed by atoms with Gasteiger partial charge in [0.2, 0.25) is 0 Å². The van der Waals surface area contributed by atoms with E-state index in [-0.39, 0.29) is 18.3 Å². The number of rotatable bonds is 3. The van der Waals surface area contributed by atoms with Gasteiger partial charge in [-0.3, -0.25) is 4.79 Å². The number of benzene rings is 1. The summed E-state index contributed by atoms with van der Waals surface area (Å²) in [5, 5.41) is 3.02. The molecule has 0 radical (unpaired) electrons. The van der Waals surface area contributed by atoms with Crippen LogP contribution in [0.1, 0.15) is 43.0 Å². The van der Waals surface area contributed by atoms with E-state index in [9.17, 15) is 4.79 Å². The molecule has 3 nitrogen and oxygen atoms in total. The molecule has 0 aliphatic heterocycles. The van der Waals surface area contributed by atoms with Gasteiger partial charge in [-0.2, -0.15) is 0 Å². The molecule has 0 aromatic heterocycles. The maximum absolute atomic E-state index is 11.9. The van der Waals surface area contributed by atoms with Crippen molar-refractivity contribution in [1.82, 2.24) is 5.32 Å². The topological polar surface area (TPSA) is 55.1 Å². The molecule has 0 saturated heterocycles. The van der Waals surface area contributed by atoms with E-state index in [1.165, 1.54) is 25.7 Å². The highest BCUT2D eigenvalue weighted by Gasteiger charge is 2.18. The SMILES string of the molecule is CC1CCC(CNC(=O)c2cccc(N)c2)CC1.Cl. The summed E-state index contributed by atoms with van der Waals surface area (Å²) in [5.74, 6) is 1.48. The molecular formula is C15H23ClN2O. The highest BCUT2D eigenvalue weighted by atomic mass is 35.5. The molecule has 2 rings (SSSR count). The van der Waals surface area contributed by atoms with Crippen molar-refractivity contribution >= 4 is 24.0 Å². The number of anilines is 1. The molecule has 0 atom stereocenters. The Balaban J connectivity index is 0.00000180. The molecule has 106 valence electrons. The fourth-order valence-corrected chi connectivity index (χ4v) is 2.55. The van der Waals surface area contributed by atoms with Crippen LogP contribution < -0.4 is 11.1 Å². The van der Waals surface area contributed by atoms with E-state index in [4.69, 9.17) is 5.73 Å². The predicted molar refractivity (Wildman–Crippen MR) is 81.6 cm³/mol. The molecule has 1 aromatic rings. The second kappa shape index (κ2) is 7.39. The largest absolute Gasteiger partial charge is 0.399 e. The summed E-state index contributed by atoms with van der Waals surface area (Å²) in [5.41, 5.74) is 6.96. The van der Waals surface area contributed by atoms with Crippen LogP contribution in [0.4, 0.5) is 5.69 Å². The van der Waals surface area contributed by atoms with Crippen LogP contribution in [0.5, 0.6) is 0 Å². The van der Waals surface area contributed by atoms with E-state index in [1.54, 1.807) is 18.2 Å². The Morgan fingerprint density at radius 3 is 2.63 bits per heavy atom. The lowest BCUT2D eigenvalue weighted by Crippen LogP contribution is -2.31. The molecule has 4 heteroatoms. The van der Waals surface area contributed by atoms with E-state index >= 15 is 0 Å². The van der Waals surface area contributed by atoms with Crippen LogP contribution in [0.2, 0.25) is 0 Å². The smallest absolute Gasteiger partial charge is 0.251 e. The molecule has 0 heterocycles. The summed E-state index contributed by atoms with van der Waals surface area (Å²) in [6, 6.07) is 7.12. The van der Waals surface area contributed by atoms with Crippen LogP contribution in [-0.2, 0) is 0 Å². The fourth-order valence-electron chi connectivity index (χ4n) is 2.55. The maximum atomic E-state index is 11.9. The van der Waals surface area contributed by atoms with Crippen LogP contribution in [0.15, 0.2) is 24.3 Å². The molecule has 1 aromatic carbocycles. The minimum absolute atomic E-state index is 0. The molecule has 1 aliphatic carbocycles. The number of hydrogen-bond acceptors (Lipinski definition) is 2. The third kappa shape index (κ3) is 4.75. The number of halogens is 1. The predicted octanol–water partition coefficient (Wildman–Crippen LogP) is 3.25. The lowest BCUT2D eigenvalue weighted by Gasteiger charge is -2.26. The number of carbonyl (C=O) groups excluding carboxylic acids is 1. The zero-order chi connectivity index (χ0) is 13.0. The summed E-state index contributed by atoms with van der Waals surface area (Å²) in [7, 11) is 0. The summed E-state index contributed by atoms with van der Waals surface area (Å²) < 4.78 is 0. The number of nitrogen functional groups attached to an aromatic ring is 1. The number of nitrogens with one attached hydrogen (secondary N) is 1. The molecule has 0 unspecified atom stereocenters. The number of hydrogen-bond donors (Lipinski definition) is 2. The molecule has 1 aliphatic rings. The van der Waals surface area contributed by atoms with E-state index in [0.717, 1.165) is 12.5 Å². The van der Waals surface area contributed by atoms with Gasteiger partial charge in [-0.25, -0.2) is 0 Å². The third-order valence-corrected chi connectivity index (χ3v) is 3.84. The van der Waals surface area contributed by atoms with Crippen LogP contribution in [0.25, 0.3) is 0 Å². The highest BCUT2D eigenvalue weighted by molar-refractivity contribution is 5.94. The first-order valence-corrected chi connectivity index (χ1v) is 6.79. The molecule has 19 heavy (non-hydrogen) atoms. The Labute approximate surface area is 121 Å². The zero-order valence-electron chi connectivity index (χ0n) is 11.4. The molecule has 1 amide bonds. The normalized spacial score (nSPS) is 22.4. The van der Waals surface area contributed by atoms with Gasteiger partial charge >= 0.3 is 0 Å². The second-order valence-corrected chi connectivity index (χ2v) is 5.46. The standard InChI is InChI=1S/C15H22N2O.ClH/c1-11-5-7-12(8-6-11)10-17-15(18)13-3-2-4-14(16)9-13;/h2-4,9,11-12H,5-8,10,16H2,1H3,(H,17,18);1H. The summed E-state index contributed by atoms with van der Waals surface area (Å²) in [4.78, 5) is 11.9. The van der Waals surface area contributed by atoms with Crippen molar-refractivity contribution < 1.29 is 4.79 Å². The van der Waals surface area contributed by atoms with Crippen molar-refractivity contribution in [3.05, 3.63) is 29.8 Å². The molecule has 0 bridgehead atoms. The summed E-state index contributed by atoms with van der Waals surface area (Å²) >= 11 is 0. The van der Waals surface area contributed by atoms with Gasteiger partial charge in [0.05, 0.1) is 0 Å². The second-order valence-electron chi connectivity index (χ2n) is 5.46. The summed E-state index contributed by atoms with van der Waals surface area (Å²) in [6.45, 7) is 3.10. The van der Waals surface area contributed by atoms with E-state index in [2.05, 4.69) is 12.2 Å². The third-order valence-electron chi connectivity index (χ3n) is 3.84. The molecule has 1 fully saturated rings. The van der Waals surface area contributed by atoms with Gasteiger partial charge in [-0.05, 0) is 42.9 Å². The van der Waals surface area contributed by atoms with Gasteiger partial charge in [0.15, 0.2) is 0 Å². The van der Waals surface area contributed by atoms with Crippen LogP contribution in [0.3, 0.4) is 0 Å². The van der Waals surface area contributed by atoms with E-state index < -0.39 is 0 Å². The Hall–Kier alpha value is -1.22. The highest BCUT2D eigenvalue weighted by Crippen LogP contribution is 2.27. The lowest BCUT2D eigenvalue weighted by atomic mass is 9.83. The Kier molecular flexibility index (Phi) is 6.16. The van der Waals surface area contributed by atoms with Crippen molar-refractivity contribution in [2.75, 3.05) is 12.3 Å². The van der Waals surface area contributed by atoms with Crippen molar-refractivity contribution in [3.63, 3.8) is 0 Å². The van der Waals surface area contributed by atoms with Crippen molar-refractivity contribution in [2.24, 2.45) is 11.8 Å². The molecule has 0 spiro atoms. The number of nitrogens with two attached hydrogens (primary N) is 1. The zero-order valence-corrected chi connectivity index (χ0v) is 12.2. The molecule has 1 saturated carbocycles. The van der Waals surface area contributed by atoms with Crippen molar-refractivity contribution in [2.45, 2.75) is 32.6 Å². The number of amides is 1. The first-order valence-electron chi connectivity index (χ1n) is 6.79. The average Bonchev–Trinajstić information content (AvgIpc) is 2.38. The number of carbonyl (C=O) groups is 1. The van der Waals surface area contributed by atoms with E-state index in [1.807, 2.05) is 6.07 Å². The van der Waals surface area contributed by atoms with Gasteiger partial charge in [0, 0.05) is 17.8 Å². The average molecular weight is 283 g/mol. The minimum atomic E-state index is -0.0130. The van der Waals surface area contributed by atoms with Gasteiger partial charge in [0.25, 0.3) is 5.91 Å². The molecular weight excluding hydrogens is 260 g/mol. The van der Waals surface area contributed by atoms with E-state index in [0.29, 0.717) is 17.2 Å². The van der Waals surface area contributed by atoms with Crippen LogP contribution in [-0.4, -0.2) is 12.5 Å². The van der Waals surface area contributed by atoms with Gasteiger partial charge in [0.1, 0.15) is 0 Å². The first kappa shape index (κ1) is 15.8. The lowest BCUT2D eigenvalue weighted by molar-refractivity contribution is 0.0942. The minimum Gasteiger partial charge on any atom is -0.399 e. The Bertz CT molecular complexity index is 414. The van der Waals surface area contributed by atoms with Crippen molar-refractivity contribution in [3.8, 4) is 0 Å². The Morgan fingerprint density at radius 1 is 1.32 bits per heavy atom. The quantitative estimate of drug-likeness (QED) is 0.836. The van der Waals surface area contributed by atoms with Gasteiger partial charge in [-0.1, -0.05) is 25.8 Å². The monoisotopic (exact) mass is 282 g/mol. The van der Waals surface area contributed by atoms with Gasteiger partial charge in [-0.15, -0.1) is 12.4 Å². The van der Waals surface area contributed by atoms with Crippen molar-refractivity contribution in [1.29, 1.82) is 0 Å². The molecule has 3 N–H and O–H groups in total. The maximum Gasteiger partial charge on any atom is 0.251 e. The van der Waals surface area contributed by atoms with Crippen LogP contribution >= 0.6 is 12.4 Å². The fraction of sp³-hybridized carbons (Fsp3) is 0.533. The first-order chi connectivity index (χ1) is 8.65. The van der Waals surface area contributed by atoms with Crippen LogP contribution in [0, 0.1) is 11.8 Å².